The lowest BCUT2D eigenvalue weighted by atomic mass is 10.0. The van der Waals surface area contributed by atoms with Gasteiger partial charge in [-0.05, 0) is 43.4 Å². The third kappa shape index (κ3) is 3.21. The Balaban J connectivity index is 1.68. The molecule has 3 nitrogen and oxygen atoms in total. The van der Waals surface area contributed by atoms with E-state index in [1.54, 1.807) is 6.07 Å². The van der Waals surface area contributed by atoms with E-state index in [1.807, 2.05) is 6.07 Å². The van der Waals surface area contributed by atoms with Gasteiger partial charge in [0.25, 0.3) is 0 Å². The number of hydrogen-bond acceptors (Lipinski definition) is 3. The van der Waals surface area contributed by atoms with Crippen LogP contribution in [0.5, 0.6) is 0 Å². The molecule has 1 N–H and O–H groups in total. The molecule has 2 aliphatic rings. The zero-order chi connectivity index (χ0) is 14.8. The second kappa shape index (κ2) is 6.31. The average molecular weight is 309 g/mol. The smallest absolute Gasteiger partial charge is 0.142 e. The molecule has 3 rings (SSSR count). The summed E-state index contributed by atoms with van der Waals surface area (Å²) in [7, 11) is 0. The number of benzene rings is 1. The van der Waals surface area contributed by atoms with Gasteiger partial charge in [0.15, 0.2) is 0 Å². The second-order valence-corrected chi connectivity index (χ2v) is 6.27. The van der Waals surface area contributed by atoms with Gasteiger partial charge in [-0.1, -0.05) is 17.7 Å². The molecule has 1 saturated heterocycles. The molecule has 1 aromatic carbocycles. The first kappa shape index (κ1) is 14.8. The summed E-state index contributed by atoms with van der Waals surface area (Å²) in [5.41, 5.74) is 0.821. The van der Waals surface area contributed by atoms with Gasteiger partial charge in [0.05, 0.1) is 17.2 Å². The number of nitrogens with one attached hydrogen (secondary N) is 1. The molecule has 1 aromatic rings. The molecule has 1 aliphatic carbocycles. The van der Waals surface area contributed by atoms with Gasteiger partial charge in [-0.25, -0.2) is 4.39 Å². The van der Waals surface area contributed by atoms with Crippen molar-refractivity contribution < 1.29 is 9.13 Å². The van der Waals surface area contributed by atoms with Gasteiger partial charge < -0.3 is 10.1 Å². The fourth-order valence-corrected chi connectivity index (χ4v) is 3.45. The highest BCUT2D eigenvalue weighted by Gasteiger charge is 2.34. The normalized spacial score (nSPS) is 32.2. The molecule has 4 atom stereocenters. The van der Waals surface area contributed by atoms with Crippen molar-refractivity contribution in [3.05, 3.63) is 34.6 Å². The van der Waals surface area contributed by atoms with Crippen LogP contribution < -0.4 is 5.32 Å². The first-order chi connectivity index (χ1) is 10.2. The van der Waals surface area contributed by atoms with Gasteiger partial charge in [0.2, 0.25) is 0 Å². The van der Waals surface area contributed by atoms with Crippen molar-refractivity contribution in [2.45, 2.75) is 43.9 Å². The standard InChI is InChI=1S/C16H18ClFN2O/c17-13-4-2-11(8-14(13)18)16-15(5-6-21-16)20-12-3-1-10(7-12)9-19/h2,4,8,10,12,15-16,20H,1,3,5-7H2/t10?,12?,15-,16+/m1/s1. The van der Waals surface area contributed by atoms with Gasteiger partial charge in [0.1, 0.15) is 5.82 Å². The van der Waals surface area contributed by atoms with E-state index in [0.29, 0.717) is 12.6 Å². The van der Waals surface area contributed by atoms with E-state index >= 15 is 0 Å². The third-order valence-corrected chi connectivity index (χ3v) is 4.74. The molecule has 21 heavy (non-hydrogen) atoms. The Labute approximate surface area is 129 Å². The summed E-state index contributed by atoms with van der Waals surface area (Å²) in [5, 5.41) is 12.7. The summed E-state index contributed by atoms with van der Waals surface area (Å²) in [6.45, 7) is 0.668. The molecule has 1 saturated carbocycles. The number of hydrogen-bond donors (Lipinski definition) is 1. The summed E-state index contributed by atoms with van der Waals surface area (Å²) in [5.74, 6) is -0.245. The Morgan fingerprint density at radius 3 is 2.90 bits per heavy atom. The van der Waals surface area contributed by atoms with Crippen LogP contribution in [-0.2, 0) is 4.74 Å². The molecular formula is C16H18ClFN2O. The van der Waals surface area contributed by atoms with Crippen LogP contribution in [-0.4, -0.2) is 18.7 Å². The lowest BCUT2D eigenvalue weighted by Gasteiger charge is -2.24. The topological polar surface area (TPSA) is 45.0 Å². The van der Waals surface area contributed by atoms with Crippen molar-refractivity contribution in [3.8, 4) is 6.07 Å². The lowest BCUT2D eigenvalue weighted by molar-refractivity contribution is 0.0961. The quantitative estimate of drug-likeness (QED) is 0.928. The highest BCUT2D eigenvalue weighted by atomic mass is 35.5. The minimum absolute atomic E-state index is 0.133. The number of halogens is 2. The number of nitrogens with zero attached hydrogens (tertiary/aromatic N) is 1. The molecule has 0 aromatic heterocycles. The molecule has 0 radical (unpaired) electrons. The Morgan fingerprint density at radius 1 is 1.33 bits per heavy atom. The first-order valence-corrected chi connectivity index (χ1v) is 7.77. The molecular weight excluding hydrogens is 291 g/mol. The minimum atomic E-state index is -0.408. The van der Waals surface area contributed by atoms with E-state index in [1.165, 1.54) is 6.07 Å². The highest BCUT2D eigenvalue weighted by molar-refractivity contribution is 6.30. The lowest BCUT2D eigenvalue weighted by Crippen LogP contribution is -2.38. The van der Waals surface area contributed by atoms with Gasteiger partial charge >= 0.3 is 0 Å². The van der Waals surface area contributed by atoms with Crippen molar-refractivity contribution in [3.63, 3.8) is 0 Å². The second-order valence-electron chi connectivity index (χ2n) is 5.86. The number of ether oxygens (including phenoxy) is 1. The molecule has 1 aliphatic heterocycles. The molecule has 1 heterocycles. The zero-order valence-electron chi connectivity index (χ0n) is 11.7. The van der Waals surface area contributed by atoms with Gasteiger partial charge in [-0.2, -0.15) is 5.26 Å². The molecule has 112 valence electrons. The maximum absolute atomic E-state index is 13.6. The number of nitriles is 1. The van der Waals surface area contributed by atoms with Crippen LogP contribution >= 0.6 is 11.6 Å². The molecule has 0 amide bonds. The fraction of sp³-hybridized carbons (Fsp3) is 0.562. The average Bonchev–Trinajstić information content (AvgIpc) is 3.11. The number of rotatable bonds is 3. The van der Waals surface area contributed by atoms with Crippen molar-refractivity contribution >= 4 is 11.6 Å². The summed E-state index contributed by atoms with van der Waals surface area (Å²) >= 11 is 5.73. The maximum Gasteiger partial charge on any atom is 0.142 e. The van der Waals surface area contributed by atoms with E-state index in [-0.39, 0.29) is 23.1 Å². The summed E-state index contributed by atoms with van der Waals surface area (Å²) in [6.07, 6.45) is 3.65. The summed E-state index contributed by atoms with van der Waals surface area (Å²) in [4.78, 5) is 0. The van der Waals surface area contributed by atoms with Crippen molar-refractivity contribution in [1.29, 1.82) is 5.26 Å². The zero-order valence-corrected chi connectivity index (χ0v) is 12.4. The molecule has 0 spiro atoms. The molecule has 5 heteroatoms. The largest absolute Gasteiger partial charge is 0.372 e. The Hall–Kier alpha value is -1.15. The van der Waals surface area contributed by atoms with Crippen molar-refractivity contribution in [2.24, 2.45) is 5.92 Å². The van der Waals surface area contributed by atoms with Crippen molar-refractivity contribution in [1.82, 2.24) is 5.32 Å². The summed E-state index contributed by atoms with van der Waals surface area (Å²) in [6, 6.07) is 7.73. The molecule has 2 fully saturated rings. The predicted octanol–water partition coefficient (Wildman–Crippen LogP) is 3.59. The van der Waals surface area contributed by atoms with E-state index in [2.05, 4.69) is 11.4 Å². The SMILES string of the molecule is N#CC1CCC(N[C@@H]2CCO[C@H]2c2ccc(Cl)c(F)c2)C1. The van der Waals surface area contributed by atoms with Crippen LogP contribution in [0.1, 0.15) is 37.4 Å². The maximum atomic E-state index is 13.6. The molecule has 0 bridgehead atoms. The van der Waals surface area contributed by atoms with Crippen LogP contribution in [0.4, 0.5) is 4.39 Å². The Morgan fingerprint density at radius 2 is 2.19 bits per heavy atom. The van der Waals surface area contributed by atoms with Gasteiger partial charge in [-0.15, -0.1) is 0 Å². The summed E-state index contributed by atoms with van der Waals surface area (Å²) < 4.78 is 19.4. The monoisotopic (exact) mass is 308 g/mol. The van der Waals surface area contributed by atoms with E-state index in [4.69, 9.17) is 21.6 Å². The fourth-order valence-electron chi connectivity index (χ4n) is 3.33. The van der Waals surface area contributed by atoms with E-state index in [9.17, 15) is 4.39 Å². The van der Waals surface area contributed by atoms with Crippen LogP contribution in [0, 0.1) is 23.1 Å². The van der Waals surface area contributed by atoms with Crippen LogP contribution in [0.15, 0.2) is 18.2 Å². The molecule has 2 unspecified atom stereocenters. The highest BCUT2D eigenvalue weighted by Crippen LogP contribution is 2.33. The van der Waals surface area contributed by atoms with Gasteiger partial charge in [0, 0.05) is 24.6 Å². The van der Waals surface area contributed by atoms with Crippen LogP contribution in [0.2, 0.25) is 5.02 Å². The van der Waals surface area contributed by atoms with Gasteiger partial charge in [-0.3, -0.25) is 0 Å². The van der Waals surface area contributed by atoms with E-state index in [0.717, 1.165) is 31.2 Å². The Bertz CT molecular complexity index is 560. The first-order valence-electron chi connectivity index (χ1n) is 7.39. The Kier molecular flexibility index (Phi) is 4.44. The van der Waals surface area contributed by atoms with Crippen LogP contribution in [0.3, 0.4) is 0 Å². The van der Waals surface area contributed by atoms with Crippen molar-refractivity contribution in [2.75, 3.05) is 6.61 Å². The third-order valence-electron chi connectivity index (χ3n) is 4.43. The van der Waals surface area contributed by atoms with E-state index < -0.39 is 5.82 Å². The van der Waals surface area contributed by atoms with Crippen LogP contribution in [0.25, 0.3) is 0 Å². The predicted molar refractivity (Wildman–Crippen MR) is 78.4 cm³/mol. The minimum Gasteiger partial charge on any atom is -0.372 e.